The molecule has 1 fully saturated rings. The van der Waals surface area contributed by atoms with E-state index in [0.29, 0.717) is 17.8 Å². The van der Waals surface area contributed by atoms with E-state index in [2.05, 4.69) is 10.4 Å². The standard InChI is InChI=1S/C10H18N4O/c1-3-15-8-4-7(5-8)12-10-9(11)6-14(2)13-10/h6-8H,3-5,11H2,1-2H3,(H,12,13). The molecule has 2 rings (SSSR count). The molecule has 84 valence electrons. The first-order chi connectivity index (χ1) is 7.19. The third-order valence-corrected chi connectivity index (χ3v) is 2.70. The van der Waals surface area contributed by atoms with Crippen LogP contribution in [0.1, 0.15) is 19.8 Å². The lowest BCUT2D eigenvalue weighted by Gasteiger charge is -2.35. The Hall–Kier alpha value is -1.23. The number of rotatable bonds is 4. The Kier molecular flexibility index (Phi) is 2.81. The molecule has 0 radical (unpaired) electrons. The Morgan fingerprint density at radius 2 is 2.40 bits per heavy atom. The zero-order valence-corrected chi connectivity index (χ0v) is 9.23. The minimum absolute atomic E-state index is 0.414. The maximum atomic E-state index is 5.78. The van der Waals surface area contributed by atoms with Crippen LogP contribution in [0.4, 0.5) is 11.5 Å². The van der Waals surface area contributed by atoms with Crippen LogP contribution >= 0.6 is 0 Å². The van der Waals surface area contributed by atoms with Gasteiger partial charge in [0.2, 0.25) is 0 Å². The molecule has 1 aromatic rings. The summed E-state index contributed by atoms with van der Waals surface area (Å²) >= 11 is 0. The third-order valence-electron chi connectivity index (χ3n) is 2.70. The third kappa shape index (κ3) is 2.23. The smallest absolute Gasteiger partial charge is 0.171 e. The van der Waals surface area contributed by atoms with Gasteiger partial charge >= 0.3 is 0 Å². The molecule has 0 saturated heterocycles. The van der Waals surface area contributed by atoms with Gasteiger partial charge in [-0.2, -0.15) is 5.10 Å². The molecule has 15 heavy (non-hydrogen) atoms. The molecule has 1 heterocycles. The maximum Gasteiger partial charge on any atom is 0.171 e. The number of nitrogen functional groups attached to an aromatic ring is 1. The Balaban J connectivity index is 1.82. The summed E-state index contributed by atoms with van der Waals surface area (Å²) in [6.07, 6.45) is 4.31. The second-order valence-corrected chi connectivity index (χ2v) is 4.00. The number of nitrogens with two attached hydrogens (primary N) is 1. The van der Waals surface area contributed by atoms with Crippen molar-refractivity contribution in [1.82, 2.24) is 9.78 Å². The summed E-state index contributed by atoms with van der Waals surface area (Å²) in [6, 6.07) is 0.457. The average Bonchev–Trinajstić information content (AvgIpc) is 2.42. The maximum absolute atomic E-state index is 5.78. The van der Waals surface area contributed by atoms with Gasteiger partial charge in [0.1, 0.15) is 0 Å². The van der Waals surface area contributed by atoms with Gasteiger partial charge < -0.3 is 15.8 Å². The number of hydrogen-bond acceptors (Lipinski definition) is 4. The lowest BCUT2D eigenvalue weighted by Crippen LogP contribution is -2.41. The van der Waals surface area contributed by atoms with Gasteiger partial charge in [-0.05, 0) is 19.8 Å². The molecule has 5 heteroatoms. The molecule has 1 aromatic heterocycles. The van der Waals surface area contributed by atoms with Crippen LogP contribution in [0.25, 0.3) is 0 Å². The van der Waals surface area contributed by atoms with Crippen LogP contribution in [-0.2, 0) is 11.8 Å². The van der Waals surface area contributed by atoms with Crippen molar-refractivity contribution >= 4 is 11.5 Å². The molecule has 0 spiro atoms. The van der Waals surface area contributed by atoms with E-state index >= 15 is 0 Å². The zero-order chi connectivity index (χ0) is 10.8. The molecule has 0 aliphatic heterocycles. The Morgan fingerprint density at radius 1 is 1.67 bits per heavy atom. The van der Waals surface area contributed by atoms with Crippen LogP contribution in [0.5, 0.6) is 0 Å². The van der Waals surface area contributed by atoms with Crippen molar-refractivity contribution in [3.05, 3.63) is 6.20 Å². The summed E-state index contributed by atoms with van der Waals surface area (Å²) in [7, 11) is 1.87. The molecule has 3 N–H and O–H groups in total. The van der Waals surface area contributed by atoms with E-state index in [1.165, 1.54) is 0 Å². The van der Waals surface area contributed by atoms with Crippen molar-refractivity contribution in [1.29, 1.82) is 0 Å². The summed E-state index contributed by atoms with van der Waals surface area (Å²) in [5.41, 5.74) is 6.49. The van der Waals surface area contributed by atoms with E-state index in [0.717, 1.165) is 25.3 Å². The lowest BCUT2D eigenvalue weighted by atomic mass is 9.89. The fourth-order valence-corrected chi connectivity index (χ4v) is 1.87. The van der Waals surface area contributed by atoms with Crippen LogP contribution in [-0.4, -0.2) is 28.5 Å². The van der Waals surface area contributed by atoms with Crippen molar-refractivity contribution < 1.29 is 4.74 Å². The fraction of sp³-hybridized carbons (Fsp3) is 0.700. The van der Waals surface area contributed by atoms with Crippen LogP contribution in [0.15, 0.2) is 6.20 Å². The van der Waals surface area contributed by atoms with Gasteiger partial charge in [0.25, 0.3) is 0 Å². The number of ether oxygens (including phenoxy) is 1. The summed E-state index contributed by atoms with van der Waals surface area (Å²) < 4.78 is 7.20. The Morgan fingerprint density at radius 3 is 2.93 bits per heavy atom. The molecular weight excluding hydrogens is 192 g/mol. The number of nitrogens with one attached hydrogen (secondary N) is 1. The Bertz CT molecular complexity index is 330. The lowest BCUT2D eigenvalue weighted by molar-refractivity contribution is 0.00293. The van der Waals surface area contributed by atoms with Gasteiger partial charge in [-0.25, -0.2) is 0 Å². The highest BCUT2D eigenvalue weighted by Gasteiger charge is 2.30. The quantitative estimate of drug-likeness (QED) is 0.777. The van der Waals surface area contributed by atoms with Crippen LogP contribution in [0, 0.1) is 0 Å². The van der Waals surface area contributed by atoms with Crippen LogP contribution in [0.3, 0.4) is 0 Å². The first-order valence-corrected chi connectivity index (χ1v) is 5.36. The second-order valence-electron chi connectivity index (χ2n) is 4.00. The van der Waals surface area contributed by atoms with Crippen LogP contribution in [0.2, 0.25) is 0 Å². The van der Waals surface area contributed by atoms with E-state index in [-0.39, 0.29) is 0 Å². The number of hydrogen-bond donors (Lipinski definition) is 2. The molecule has 0 atom stereocenters. The van der Waals surface area contributed by atoms with E-state index in [4.69, 9.17) is 10.5 Å². The van der Waals surface area contributed by atoms with E-state index in [1.54, 1.807) is 10.9 Å². The van der Waals surface area contributed by atoms with Crippen molar-refractivity contribution in [3.63, 3.8) is 0 Å². The molecule has 5 nitrogen and oxygen atoms in total. The summed E-state index contributed by atoms with van der Waals surface area (Å²) in [6.45, 7) is 2.82. The minimum atomic E-state index is 0.414. The predicted molar refractivity (Wildman–Crippen MR) is 59.7 cm³/mol. The number of aromatic nitrogens is 2. The predicted octanol–water partition coefficient (Wildman–Crippen LogP) is 0.982. The summed E-state index contributed by atoms with van der Waals surface area (Å²) in [5, 5.41) is 7.56. The van der Waals surface area contributed by atoms with Crippen LogP contribution < -0.4 is 11.1 Å². The largest absolute Gasteiger partial charge is 0.394 e. The molecule has 1 saturated carbocycles. The normalized spacial score (nSPS) is 24.9. The molecule has 0 unspecified atom stereocenters. The molecule has 0 bridgehead atoms. The van der Waals surface area contributed by atoms with Crippen molar-refractivity contribution in [3.8, 4) is 0 Å². The van der Waals surface area contributed by atoms with Gasteiger partial charge in [0.05, 0.1) is 11.8 Å². The molecular formula is C10H18N4O. The van der Waals surface area contributed by atoms with E-state index in [9.17, 15) is 0 Å². The second kappa shape index (κ2) is 4.10. The molecule has 0 amide bonds. The number of nitrogens with zero attached hydrogens (tertiary/aromatic N) is 2. The minimum Gasteiger partial charge on any atom is -0.394 e. The molecule has 1 aliphatic rings. The van der Waals surface area contributed by atoms with Gasteiger partial charge in [-0.1, -0.05) is 0 Å². The van der Waals surface area contributed by atoms with Gasteiger partial charge in [0.15, 0.2) is 5.82 Å². The highest BCUT2D eigenvalue weighted by Crippen LogP contribution is 2.27. The first-order valence-electron chi connectivity index (χ1n) is 5.36. The van der Waals surface area contributed by atoms with E-state index < -0.39 is 0 Å². The topological polar surface area (TPSA) is 65.1 Å². The van der Waals surface area contributed by atoms with Gasteiger partial charge in [-0.15, -0.1) is 0 Å². The Labute approximate surface area is 89.6 Å². The monoisotopic (exact) mass is 210 g/mol. The molecule has 1 aliphatic carbocycles. The summed E-state index contributed by atoms with van der Waals surface area (Å²) in [5.74, 6) is 0.789. The van der Waals surface area contributed by atoms with Gasteiger partial charge in [-0.3, -0.25) is 4.68 Å². The SMILES string of the molecule is CCOC1CC(Nc2nn(C)cc2N)C1. The first kappa shape index (κ1) is 10.3. The highest BCUT2D eigenvalue weighted by molar-refractivity contribution is 5.60. The summed E-state index contributed by atoms with van der Waals surface area (Å²) in [4.78, 5) is 0. The number of anilines is 2. The zero-order valence-electron chi connectivity index (χ0n) is 9.23. The highest BCUT2D eigenvalue weighted by atomic mass is 16.5. The fourth-order valence-electron chi connectivity index (χ4n) is 1.87. The number of aryl methyl sites for hydroxylation is 1. The van der Waals surface area contributed by atoms with Gasteiger partial charge in [0, 0.05) is 25.9 Å². The average molecular weight is 210 g/mol. The molecule has 0 aromatic carbocycles. The van der Waals surface area contributed by atoms with Crippen molar-refractivity contribution in [2.45, 2.75) is 31.9 Å². The van der Waals surface area contributed by atoms with E-state index in [1.807, 2.05) is 14.0 Å². The van der Waals surface area contributed by atoms with Crippen molar-refractivity contribution in [2.75, 3.05) is 17.7 Å². The van der Waals surface area contributed by atoms with Crippen molar-refractivity contribution in [2.24, 2.45) is 7.05 Å².